The van der Waals surface area contributed by atoms with Crippen molar-refractivity contribution in [2.45, 2.75) is 45.2 Å². The molecule has 0 radical (unpaired) electrons. The molecule has 1 atom stereocenters. The minimum Gasteiger partial charge on any atom is -0.478 e. The Morgan fingerprint density at radius 2 is 1.77 bits per heavy atom. The molecule has 0 bridgehead atoms. The van der Waals surface area contributed by atoms with E-state index < -0.39 is 35.3 Å². The van der Waals surface area contributed by atoms with Crippen LogP contribution in [0.1, 0.15) is 62.1 Å². The average molecular weight is 596 g/mol. The predicted molar refractivity (Wildman–Crippen MR) is 146 cm³/mol. The summed E-state index contributed by atoms with van der Waals surface area (Å²) in [6, 6.07) is 5.92. The summed E-state index contributed by atoms with van der Waals surface area (Å²) in [6.45, 7) is 4.25. The first-order valence-electron chi connectivity index (χ1n) is 13.6. The van der Waals surface area contributed by atoms with Crippen molar-refractivity contribution in [2.24, 2.45) is 5.41 Å². The highest BCUT2D eigenvalue weighted by Crippen LogP contribution is 2.65. The first-order valence-corrected chi connectivity index (χ1v) is 13.6. The Kier molecular flexibility index (Phi) is 6.93. The topological polar surface area (TPSA) is 128 Å². The first kappa shape index (κ1) is 28.4. The average Bonchev–Trinajstić information content (AvgIpc) is 3.31. The lowest BCUT2D eigenvalue weighted by Crippen LogP contribution is -2.51. The molecule has 4 aromatic rings. The minimum atomic E-state index is -2.61. The van der Waals surface area contributed by atoms with Gasteiger partial charge < -0.3 is 14.7 Å². The van der Waals surface area contributed by atoms with Crippen LogP contribution in [0, 0.1) is 25.2 Å². The Hall–Kier alpha value is -4.75. The summed E-state index contributed by atoms with van der Waals surface area (Å²) in [5.41, 5.74) is 1.92. The number of hydrogen-bond donors (Lipinski definition) is 1. The predicted octanol–water partition coefficient (Wildman–Crippen LogP) is 4.05. The zero-order valence-electron chi connectivity index (χ0n) is 23.4. The van der Waals surface area contributed by atoms with Gasteiger partial charge in [-0.3, -0.25) is 9.36 Å². The molecule has 1 aliphatic carbocycles. The molecule has 1 saturated heterocycles. The number of nitrogens with zero attached hydrogens (tertiary/aromatic N) is 7. The smallest absolute Gasteiger partial charge is 0.341 e. The van der Waals surface area contributed by atoms with Crippen LogP contribution in [0.15, 0.2) is 49.1 Å². The van der Waals surface area contributed by atoms with Crippen LogP contribution >= 0.6 is 0 Å². The number of aromatic carboxylic acids is 1. The molecule has 1 N–H and O–H groups in total. The van der Waals surface area contributed by atoms with E-state index in [9.17, 15) is 27.9 Å². The summed E-state index contributed by atoms with van der Waals surface area (Å²) in [7, 11) is 0. The third-order valence-electron chi connectivity index (χ3n) is 8.15. The van der Waals surface area contributed by atoms with Gasteiger partial charge in [0.15, 0.2) is 0 Å². The third-order valence-corrected chi connectivity index (χ3v) is 8.15. The van der Waals surface area contributed by atoms with Gasteiger partial charge in [-0.25, -0.2) is 28.3 Å². The van der Waals surface area contributed by atoms with Crippen LogP contribution in [0.25, 0.3) is 0 Å². The van der Waals surface area contributed by atoms with Crippen molar-refractivity contribution in [1.29, 1.82) is 0 Å². The monoisotopic (exact) mass is 595 g/mol. The Bertz CT molecular complexity index is 1710. The summed E-state index contributed by atoms with van der Waals surface area (Å²) in [4.78, 5) is 34.5. The van der Waals surface area contributed by atoms with E-state index in [0.29, 0.717) is 23.8 Å². The molecule has 1 spiro atoms. The van der Waals surface area contributed by atoms with E-state index in [-0.39, 0.29) is 43.7 Å². The maximum Gasteiger partial charge on any atom is 0.341 e. The van der Waals surface area contributed by atoms with Crippen LogP contribution in [0.2, 0.25) is 0 Å². The fraction of sp³-hybridized carbons (Fsp3) is 0.379. The second kappa shape index (κ2) is 10.5. The van der Waals surface area contributed by atoms with Gasteiger partial charge in [-0.15, -0.1) is 0 Å². The van der Waals surface area contributed by atoms with Crippen LogP contribution in [-0.2, 0) is 11.3 Å². The van der Waals surface area contributed by atoms with Crippen molar-refractivity contribution in [3.8, 4) is 0 Å². The number of carboxylic acids is 1. The lowest BCUT2D eigenvalue weighted by atomic mass is 9.95. The summed E-state index contributed by atoms with van der Waals surface area (Å²) in [5, 5.41) is 17.8. The number of carbonyl (C=O) groups excluding carboxylic acids is 1. The maximum absolute atomic E-state index is 13.7. The molecule has 2 fully saturated rings. The molecule has 4 aromatic heterocycles. The minimum absolute atomic E-state index is 0.000490. The summed E-state index contributed by atoms with van der Waals surface area (Å²) < 4.78 is 49.2. The second-order valence-electron chi connectivity index (χ2n) is 11.1. The number of alkyl halides is 2. The molecule has 2 aliphatic rings. The first-order chi connectivity index (χ1) is 20.4. The molecule has 43 heavy (non-hydrogen) atoms. The maximum atomic E-state index is 13.7. The van der Waals surface area contributed by atoms with E-state index >= 15 is 0 Å². The molecule has 1 aliphatic heterocycles. The van der Waals surface area contributed by atoms with Gasteiger partial charge in [0, 0.05) is 49.7 Å². The van der Waals surface area contributed by atoms with Crippen molar-refractivity contribution < 1.29 is 32.6 Å². The van der Waals surface area contributed by atoms with Crippen molar-refractivity contribution in [1.82, 2.24) is 29.5 Å². The number of pyridine rings is 2. The van der Waals surface area contributed by atoms with Crippen molar-refractivity contribution in [3.63, 3.8) is 0 Å². The van der Waals surface area contributed by atoms with Crippen LogP contribution in [0.5, 0.6) is 0 Å². The molecule has 1 unspecified atom stereocenters. The highest BCUT2D eigenvalue weighted by molar-refractivity contribution is 5.88. The fourth-order valence-corrected chi connectivity index (χ4v) is 5.51. The second-order valence-corrected chi connectivity index (χ2v) is 11.1. The quantitative estimate of drug-likeness (QED) is 0.213. The number of carbonyl (C=O) groups is 2. The molecule has 14 heteroatoms. The largest absolute Gasteiger partial charge is 0.478 e. The summed E-state index contributed by atoms with van der Waals surface area (Å²) >= 11 is 0. The number of carboxylic acid groups (broad SMARTS) is 1. The number of aromatic nitrogens is 6. The van der Waals surface area contributed by atoms with Crippen molar-refractivity contribution >= 4 is 17.8 Å². The van der Waals surface area contributed by atoms with Crippen molar-refractivity contribution in [3.05, 3.63) is 88.6 Å². The number of aryl methyl sites for hydroxylation is 2. The van der Waals surface area contributed by atoms with Gasteiger partial charge in [-0.1, -0.05) is 12.1 Å². The Labute approximate surface area is 243 Å². The molecule has 1 saturated carbocycles. The van der Waals surface area contributed by atoms with Gasteiger partial charge in [-0.05, 0) is 37.1 Å². The Morgan fingerprint density at radius 1 is 1.02 bits per heavy atom. The molecular weight excluding hydrogens is 567 g/mol. The number of anilines is 1. The zero-order valence-corrected chi connectivity index (χ0v) is 23.4. The molecule has 0 amide bonds. The highest BCUT2D eigenvalue weighted by Gasteiger charge is 2.76. The van der Waals surface area contributed by atoms with Crippen LogP contribution in [-0.4, -0.2) is 72.2 Å². The lowest BCUT2D eigenvalue weighted by molar-refractivity contribution is 0.0487. The Balaban J connectivity index is 1.13. The molecular formula is C29H28F3N7O4. The van der Waals surface area contributed by atoms with Gasteiger partial charge in [-0.2, -0.15) is 14.6 Å². The van der Waals surface area contributed by atoms with E-state index in [2.05, 4.69) is 20.2 Å². The van der Waals surface area contributed by atoms with Crippen molar-refractivity contribution in [2.75, 3.05) is 24.6 Å². The van der Waals surface area contributed by atoms with Gasteiger partial charge in [0.1, 0.15) is 5.82 Å². The normalized spacial score (nSPS) is 17.0. The van der Waals surface area contributed by atoms with E-state index in [4.69, 9.17) is 4.74 Å². The fourth-order valence-electron chi connectivity index (χ4n) is 5.51. The third kappa shape index (κ3) is 5.44. The van der Waals surface area contributed by atoms with Crippen LogP contribution in [0.4, 0.5) is 19.0 Å². The molecule has 11 nitrogen and oxygen atoms in total. The van der Waals surface area contributed by atoms with E-state index in [1.54, 1.807) is 26.0 Å². The van der Waals surface area contributed by atoms with Gasteiger partial charge in [0.25, 0.3) is 5.92 Å². The number of hydrogen-bond acceptors (Lipinski definition) is 8. The lowest BCUT2D eigenvalue weighted by Gasteiger charge is -2.41. The number of rotatable bonds is 10. The van der Waals surface area contributed by atoms with Gasteiger partial charge >= 0.3 is 11.9 Å². The highest BCUT2D eigenvalue weighted by atomic mass is 19.3. The summed E-state index contributed by atoms with van der Waals surface area (Å²) in [6.07, 6.45) is 5.70. The van der Waals surface area contributed by atoms with E-state index in [1.807, 2.05) is 11.0 Å². The molecule has 224 valence electrons. The zero-order chi connectivity index (χ0) is 30.5. The summed E-state index contributed by atoms with van der Waals surface area (Å²) in [5.74, 6) is -4.32. The Morgan fingerprint density at radius 3 is 2.42 bits per heavy atom. The van der Waals surface area contributed by atoms with Crippen LogP contribution < -0.4 is 4.90 Å². The molecule has 6 rings (SSSR count). The molecule has 0 aromatic carbocycles. The van der Waals surface area contributed by atoms with E-state index in [1.165, 1.54) is 40.2 Å². The molecule has 5 heterocycles. The van der Waals surface area contributed by atoms with E-state index in [0.717, 1.165) is 11.1 Å². The van der Waals surface area contributed by atoms with Gasteiger partial charge in [0.05, 0.1) is 48.1 Å². The SMILES string of the molecule is Cc1nc(F)ccc1Cn1cc(C(=O)OCCC(c2ccc(N3CC4(C3)CC4(F)F)nc2C)n2cc(C(=O)O)cn2)cn1. The standard InChI is InChI=1S/C29H28F3N7O4/c1-17-19(3-5-24(30)35-17)11-38-12-21(10-33-38)27(42)43-8-7-23(39-13-20(9-34-39)26(40)41)22-4-6-25(36-18(22)2)37-15-28(16-37)14-29(28,31)32/h3-6,9-10,12-13,23H,7-8,11,14-16H2,1-2H3,(H,40,41). The van der Waals surface area contributed by atoms with Gasteiger partial charge in [0.2, 0.25) is 5.95 Å². The number of halogens is 3. The number of ether oxygens (including phenoxy) is 1. The number of esters is 1. The van der Waals surface area contributed by atoms with Crippen LogP contribution in [0.3, 0.4) is 0 Å².